The van der Waals surface area contributed by atoms with Crippen molar-refractivity contribution in [2.24, 2.45) is 5.10 Å². The summed E-state index contributed by atoms with van der Waals surface area (Å²) in [6.07, 6.45) is 1.74. The summed E-state index contributed by atoms with van der Waals surface area (Å²) in [5, 5.41) is 5.08. The van der Waals surface area contributed by atoms with Crippen LogP contribution >= 0.6 is 27.3 Å². The van der Waals surface area contributed by atoms with Gasteiger partial charge in [-0.15, -0.1) is 11.3 Å². The first-order valence-electron chi connectivity index (χ1n) is 7.91. The maximum absolute atomic E-state index is 5.62. The highest BCUT2D eigenvalue weighted by Crippen LogP contribution is 2.30. The highest BCUT2D eigenvalue weighted by Gasteiger charge is 2.09. The first kappa shape index (κ1) is 17.6. The molecule has 2 aromatic carbocycles. The Morgan fingerprint density at radius 1 is 1.24 bits per heavy atom. The van der Waals surface area contributed by atoms with E-state index in [2.05, 4.69) is 50.5 Å². The van der Waals surface area contributed by atoms with Crippen molar-refractivity contribution in [1.82, 2.24) is 4.98 Å². The number of thiazole rings is 1. The number of hydrogen-bond acceptors (Lipinski definition) is 5. The molecular formula is C19H18BrN3OS. The summed E-state index contributed by atoms with van der Waals surface area (Å²) in [4.78, 5) is 5.79. The number of rotatable bonds is 6. The van der Waals surface area contributed by atoms with Gasteiger partial charge in [0.15, 0.2) is 0 Å². The van der Waals surface area contributed by atoms with E-state index in [-0.39, 0.29) is 0 Å². The number of halogens is 1. The number of hydrogen-bond donors (Lipinski definition) is 1. The Labute approximate surface area is 159 Å². The number of aryl methyl sites for hydroxylation is 1. The summed E-state index contributed by atoms with van der Waals surface area (Å²) in [5.74, 6) is 0.802. The topological polar surface area (TPSA) is 46.5 Å². The van der Waals surface area contributed by atoms with Gasteiger partial charge in [-0.05, 0) is 32.0 Å². The van der Waals surface area contributed by atoms with Gasteiger partial charge in [-0.1, -0.05) is 46.3 Å². The van der Waals surface area contributed by atoms with Gasteiger partial charge in [-0.3, -0.25) is 5.43 Å². The molecule has 0 aliphatic rings. The molecule has 1 N–H and O–H groups in total. The molecule has 0 bridgehead atoms. The van der Waals surface area contributed by atoms with Gasteiger partial charge < -0.3 is 4.74 Å². The van der Waals surface area contributed by atoms with Gasteiger partial charge in [-0.2, -0.15) is 5.10 Å². The van der Waals surface area contributed by atoms with E-state index in [4.69, 9.17) is 4.74 Å². The highest BCUT2D eigenvalue weighted by molar-refractivity contribution is 9.10. The third kappa shape index (κ3) is 4.46. The molecule has 4 nitrogen and oxygen atoms in total. The van der Waals surface area contributed by atoms with Crippen LogP contribution in [0.15, 0.2) is 58.1 Å². The van der Waals surface area contributed by atoms with E-state index in [1.165, 1.54) is 0 Å². The highest BCUT2D eigenvalue weighted by atomic mass is 79.9. The number of hydrazone groups is 1. The van der Waals surface area contributed by atoms with Crippen LogP contribution in [0, 0.1) is 6.92 Å². The van der Waals surface area contributed by atoms with E-state index >= 15 is 0 Å². The summed E-state index contributed by atoms with van der Waals surface area (Å²) in [6, 6.07) is 16.0. The molecule has 1 aromatic heterocycles. The Morgan fingerprint density at radius 2 is 2.04 bits per heavy atom. The lowest BCUT2D eigenvalue weighted by Gasteiger charge is -2.06. The third-order valence-corrected chi connectivity index (χ3v) is 4.85. The van der Waals surface area contributed by atoms with Crippen molar-refractivity contribution < 1.29 is 4.74 Å². The minimum atomic E-state index is 0.613. The molecule has 0 amide bonds. The van der Waals surface area contributed by atoms with Crippen LogP contribution in [-0.4, -0.2) is 17.8 Å². The molecule has 0 aliphatic heterocycles. The Kier molecular flexibility index (Phi) is 5.83. The molecule has 1 heterocycles. The fourth-order valence-corrected chi connectivity index (χ4v) is 3.54. The molecule has 128 valence electrons. The normalized spacial score (nSPS) is 11.0. The summed E-state index contributed by atoms with van der Waals surface area (Å²) in [5.41, 5.74) is 6.02. The maximum Gasteiger partial charge on any atom is 0.204 e. The molecule has 6 heteroatoms. The monoisotopic (exact) mass is 415 g/mol. The number of nitrogens with zero attached hydrogens (tertiary/aromatic N) is 2. The van der Waals surface area contributed by atoms with E-state index in [0.717, 1.165) is 37.1 Å². The van der Waals surface area contributed by atoms with Crippen molar-refractivity contribution in [1.29, 1.82) is 0 Å². The molecule has 0 unspecified atom stereocenters. The summed E-state index contributed by atoms with van der Waals surface area (Å²) < 4.78 is 6.60. The number of nitrogens with one attached hydrogen (secondary N) is 1. The number of anilines is 1. The molecule has 3 rings (SSSR count). The van der Waals surface area contributed by atoms with Crippen LogP contribution in [0.3, 0.4) is 0 Å². The zero-order valence-corrected chi connectivity index (χ0v) is 16.4. The lowest BCUT2D eigenvalue weighted by Crippen LogP contribution is -1.97. The largest absolute Gasteiger partial charge is 0.493 e. The quantitative estimate of drug-likeness (QED) is 0.413. The maximum atomic E-state index is 5.62. The molecule has 0 atom stereocenters. The van der Waals surface area contributed by atoms with E-state index < -0.39 is 0 Å². The molecular weight excluding hydrogens is 398 g/mol. The first-order valence-corrected chi connectivity index (χ1v) is 9.52. The summed E-state index contributed by atoms with van der Waals surface area (Å²) in [6.45, 7) is 4.64. The second-order valence-corrected chi connectivity index (χ2v) is 7.39. The van der Waals surface area contributed by atoms with Crippen LogP contribution in [-0.2, 0) is 0 Å². The molecule has 0 fully saturated rings. The van der Waals surface area contributed by atoms with Crippen molar-refractivity contribution in [3.05, 3.63) is 63.4 Å². The smallest absolute Gasteiger partial charge is 0.204 e. The predicted octanol–water partition coefficient (Wildman–Crippen LogP) is 5.73. The van der Waals surface area contributed by atoms with Crippen LogP contribution in [0.25, 0.3) is 11.3 Å². The molecule has 3 aromatic rings. The average molecular weight is 416 g/mol. The van der Waals surface area contributed by atoms with Crippen LogP contribution in [0.1, 0.15) is 17.4 Å². The standard InChI is InChI=1S/C19H18BrN3OS/c1-3-24-17-10-9-16(20)11-15(17)12-21-23-19-22-18(13(2)25-19)14-7-5-4-6-8-14/h4-12H,3H2,1-2H3,(H,22,23)/b21-12+. The van der Waals surface area contributed by atoms with Crippen molar-refractivity contribution in [2.75, 3.05) is 12.0 Å². The minimum absolute atomic E-state index is 0.613. The van der Waals surface area contributed by atoms with E-state index in [1.807, 2.05) is 43.3 Å². The SMILES string of the molecule is CCOc1ccc(Br)cc1/C=N/Nc1nc(-c2ccccc2)c(C)s1. The second-order valence-electron chi connectivity index (χ2n) is 5.27. The van der Waals surface area contributed by atoms with Gasteiger partial charge in [0.05, 0.1) is 18.5 Å². The van der Waals surface area contributed by atoms with Crippen LogP contribution in [0.2, 0.25) is 0 Å². The number of ether oxygens (including phenoxy) is 1. The minimum Gasteiger partial charge on any atom is -0.493 e. The van der Waals surface area contributed by atoms with Crippen molar-refractivity contribution in [3.63, 3.8) is 0 Å². The fourth-order valence-electron chi connectivity index (χ4n) is 2.37. The zero-order valence-electron chi connectivity index (χ0n) is 14.0. The second kappa shape index (κ2) is 8.27. The molecule has 0 saturated carbocycles. The lowest BCUT2D eigenvalue weighted by atomic mass is 10.1. The Bertz CT molecular complexity index is 878. The number of benzene rings is 2. The Hall–Kier alpha value is -2.18. The van der Waals surface area contributed by atoms with Gasteiger partial charge in [0.1, 0.15) is 5.75 Å². The first-order chi connectivity index (χ1) is 12.2. The van der Waals surface area contributed by atoms with E-state index in [9.17, 15) is 0 Å². The molecule has 0 radical (unpaired) electrons. The third-order valence-electron chi connectivity index (χ3n) is 3.48. The Balaban J connectivity index is 1.76. The zero-order chi connectivity index (χ0) is 17.6. The van der Waals surface area contributed by atoms with Crippen molar-refractivity contribution >= 4 is 38.6 Å². The molecule has 0 spiro atoms. The van der Waals surface area contributed by atoms with Crippen LogP contribution in [0.4, 0.5) is 5.13 Å². The van der Waals surface area contributed by atoms with E-state index in [0.29, 0.717) is 6.61 Å². The Morgan fingerprint density at radius 3 is 2.80 bits per heavy atom. The predicted molar refractivity (Wildman–Crippen MR) is 109 cm³/mol. The summed E-state index contributed by atoms with van der Waals surface area (Å²) >= 11 is 5.06. The van der Waals surface area contributed by atoms with Gasteiger partial charge in [0.25, 0.3) is 0 Å². The van der Waals surface area contributed by atoms with Gasteiger partial charge in [0, 0.05) is 20.5 Å². The average Bonchev–Trinajstić information content (AvgIpc) is 2.99. The number of aromatic nitrogens is 1. The summed E-state index contributed by atoms with van der Waals surface area (Å²) in [7, 11) is 0. The molecule has 0 saturated heterocycles. The molecule has 0 aliphatic carbocycles. The van der Waals surface area contributed by atoms with Crippen LogP contribution in [0.5, 0.6) is 5.75 Å². The van der Waals surface area contributed by atoms with Gasteiger partial charge in [-0.25, -0.2) is 4.98 Å². The van der Waals surface area contributed by atoms with E-state index in [1.54, 1.807) is 17.6 Å². The van der Waals surface area contributed by atoms with Crippen LogP contribution < -0.4 is 10.2 Å². The van der Waals surface area contributed by atoms with Crippen molar-refractivity contribution in [3.8, 4) is 17.0 Å². The lowest BCUT2D eigenvalue weighted by molar-refractivity contribution is 0.339. The fraction of sp³-hybridized carbons (Fsp3) is 0.158. The van der Waals surface area contributed by atoms with Gasteiger partial charge in [0.2, 0.25) is 5.13 Å². The van der Waals surface area contributed by atoms with Crippen molar-refractivity contribution in [2.45, 2.75) is 13.8 Å². The van der Waals surface area contributed by atoms with Gasteiger partial charge >= 0.3 is 0 Å². The molecule has 25 heavy (non-hydrogen) atoms.